The van der Waals surface area contributed by atoms with Crippen LogP contribution in [0.15, 0.2) is 41.9 Å². The Morgan fingerprint density at radius 3 is 2.88 bits per heavy atom. The number of para-hydroxylation sites is 1. The molecule has 1 aliphatic rings. The zero-order valence-electron chi connectivity index (χ0n) is 13.1. The fraction of sp³-hybridized carbons (Fsp3) is 0.235. The van der Waals surface area contributed by atoms with E-state index in [-0.39, 0.29) is 5.91 Å². The number of fused-ring (bicyclic) bond motifs is 1. The van der Waals surface area contributed by atoms with Crippen molar-refractivity contribution in [1.82, 2.24) is 19.7 Å². The summed E-state index contributed by atoms with van der Waals surface area (Å²) in [6.45, 7) is 1.67. The highest BCUT2D eigenvalue weighted by Crippen LogP contribution is 2.26. The molecule has 2 aromatic heterocycles. The van der Waals surface area contributed by atoms with Crippen molar-refractivity contribution < 1.29 is 4.79 Å². The summed E-state index contributed by atoms with van der Waals surface area (Å²) in [5.74, 6) is -0.0367. The van der Waals surface area contributed by atoms with Crippen molar-refractivity contribution in [2.45, 2.75) is 19.5 Å². The van der Waals surface area contributed by atoms with Crippen LogP contribution in [0.4, 0.5) is 0 Å². The molecular weight excluding hydrogens is 322 g/mol. The van der Waals surface area contributed by atoms with E-state index in [1.54, 1.807) is 0 Å². The quantitative estimate of drug-likeness (QED) is 0.788. The third kappa shape index (κ3) is 2.61. The van der Waals surface area contributed by atoms with Gasteiger partial charge in [0.05, 0.1) is 29.1 Å². The number of hydrogen-bond acceptors (Lipinski definition) is 5. The molecule has 0 radical (unpaired) electrons. The van der Waals surface area contributed by atoms with Gasteiger partial charge in [0.1, 0.15) is 5.69 Å². The van der Waals surface area contributed by atoms with Crippen molar-refractivity contribution in [2.24, 2.45) is 5.73 Å². The second-order valence-corrected chi connectivity index (χ2v) is 6.63. The first kappa shape index (κ1) is 15.0. The average molecular weight is 339 g/mol. The third-order valence-electron chi connectivity index (χ3n) is 4.07. The van der Waals surface area contributed by atoms with Crippen molar-refractivity contribution in [2.75, 3.05) is 6.54 Å². The number of hydrogen-bond donors (Lipinski definition) is 1. The van der Waals surface area contributed by atoms with E-state index in [4.69, 9.17) is 5.73 Å². The number of aromatic nitrogens is 3. The smallest absolute Gasteiger partial charge is 0.273 e. The van der Waals surface area contributed by atoms with Crippen molar-refractivity contribution in [3.05, 3.63) is 63.9 Å². The van der Waals surface area contributed by atoms with Gasteiger partial charge in [-0.3, -0.25) is 4.79 Å². The van der Waals surface area contributed by atoms with Crippen molar-refractivity contribution in [1.29, 1.82) is 0 Å². The molecule has 6 nitrogen and oxygen atoms in total. The predicted molar refractivity (Wildman–Crippen MR) is 92.0 cm³/mol. The molecule has 0 saturated heterocycles. The van der Waals surface area contributed by atoms with Crippen LogP contribution >= 0.6 is 11.3 Å². The lowest BCUT2D eigenvalue weighted by Gasteiger charge is -2.14. The van der Waals surface area contributed by atoms with Gasteiger partial charge in [-0.05, 0) is 18.7 Å². The molecule has 122 valence electrons. The van der Waals surface area contributed by atoms with E-state index in [9.17, 15) is 4.79 Å². The summed E-state index contributed by atoms with van der Waals surface area (Å²) in [6, 6.07) is 9.96. The number of nitrogens with zero attached hydrogens (tertiary/aromatic N) is 4. The Kier molecular flexibility index (Phi) is 3.87. The molecule has 3 aromatic rings. The molecular formula is C17H17N5OS. The van der Waals surface area contributed by atoms with E-state index in [0.717, 1.165) is 22.0 Å². The molecule has 1 amide bonds. The van der Waals surface area contributed by atoms with Crippen molar-refractivity contribution >= 4 is 17.2 Å². The van der Waals surface area contributed by atoms with Crippen LogP contribution in [0.1, 0.15) is 26.8 Å². The molecule has 1 aromatic carbocycles. The van der Waals surface area contributed by atoms with Gasteiger partial charge >= 0.3 is 0 Å². The zero-order valence-corrected chi connectivity index (χ0v) is 13.9. The van der Waals surface area contributed by atoms with Crippen LogP contribution in [-0.4, -0.2) is 32.1 Å². The Hall–Kier alpha value is -2.51. The van der Waals surface area contributed by atoms with Gasteiger partial charge in [-0.1, -0.05) is 18.2 Å². The van der Waals surface area contributed by atoms with E-state index in [1.807, 2.05) is 51.5 Å². The number of carbonyl (C=O) groups is 1. The normalized spacial score (nSPS) is 13.3. The second-order valence-electron chi connectivity index (χ2n) is 5.69. The monoisotopic (exact) mass is 339 g/mol. The predicted octanol–water partition coefficient (Wildman–Crippen LogP) is 1.99. The van der Waals surface area contributed by atoms with Gasteiger partial charge in [-0.15, -0.1) is 11.3 Å². The van der Waals surface area contributed by atoms with Crippen LogP contribution in [0.2, 0.25) is 0 Å². The second kappa shape index (κ2) is 6.18. The van der Waals surface area contributed by atoms with Gasteiger partial charge in [-0.25, -0.2) is 9.67 Å². The molecule has 3 heterocycles. The van der Waals surface area contributed by atoms with Crippen LogP contribution in [0.25, 0.3) is 5.69 Å². The van der Waals surface area contributed by atoms with Crippen molar-refractivity contribution in [3.8, 4) is 5.69 Å². The molecule has 0 saturated carbocycles. The molecule has 24 heavy (non-hydrogen) atoms. The van der Waals surface area contributed by atoms with Crippen LogP contribution in [0, 0.1) is 0 Å². The molecule has 0 spiro atoms. The van der Waals surface area contributed by atoms with Gasteiger partial charge < -0.3 is 10.6 Å². The first-order valence-corrected chi connectivity index (χ1v) is 8.69. The Balaban J connectivity index is 1.55. The van der Waals surface area contributed by atoms with Crippen LogP contribution in [0.5, 0.6) is 0 Å². The fourth-order valence-corrected chi connectivity index (χ4v) is 3.68. The molecule has 4 rings (SSSR count). The summed E-state index contributed by atoms with van der Waals surface area (Å²) in [4.78, 5) is 18.9. The molecule has 0 fully saturated rings. The molecule has 0 unspecified atom stereocenters. The number of benzene rings is 1. The first-order chi connectivity index (χ1) is 11.8. The van der Waals surface area contributed by atoms with E-state index < -0.39 is 0 Å². The van der Waals surface area contributed by atoms with E-state index in [1.165, 1.54) is 11.3 Å². The summed E-state index contributed by atoms with van der Waals surface area (Å²) >= 11 is 1.49. The minimum Gasteiger partial charge on any atom is -0.330 e. The molecule has 2 N–H and O–H groups in total. The molecule has 0 aliphatic carbocycles. The van der Waals surface area contributed by atoms with Crippen molar-refractivity contribution in [3.63, 3.8) is 0 Å². The van der Waals surface area contributed by atoms with E-state index in [2.05, 4.69) is 10.1 Å². The number of thiazole rings is 1. The summed E-state index contributed by atoms with van der Waals surface area (Å²) in [5, 5.41) is 7.18. The minimum atomic E-state index is -0.0367. The average Bonchev–Trinajstić information content (AvgIpc) is 3.30. The molecule has 1 aliphatic heterocycles. The summed E-state index contributed by atoms with van der Waals surface area (Å²) in [6.07, 6.45) is 2.55. The number of carbonyl (C=O) groups excluding carboxylic acids is 1. The standard InChI is InChI=1S/C17H17N5OS/c18-7-6-16-20-14(11-24-16)17(23)21-9-12-8-19-22(15(12)10-21)13-4-2-1-3-5-13/h1-5,8,11H,6-7,9-10,18H2. The van der Waals surface area contributed by atoms with E-state index >= 15 is 0 Å². The maximum Gasteiger partial charge on any atom is 0.273 e. The van der Waals surface area contributed by atoms with Crippen LogP contribution < -0.4 is 5.73 Å². The molecule has 0 bridgehead atoms. The lowest BCUT2D eigenvalue weighted by atomic mass is 10.3. The lowest BCUT2D eigenvalue weighted by molar-refractivity contribution is 0.0743. The van der Waals surface area contributed by atoms with Gasteiger partial charge in [0, 0.05) is 23.9 Å². The van der Waals surface area contributed by atoms with Crippen LogP contribution in [0.3, 0.4) is 0 Å². The SMILES string of the molecule is NCCc1nc(C(=O)N2Cc3cnn(-c4ccccc4)c3C2)cs1. The lowest BCUT2D eigenvalue weighted by Crippen LogP contribution is -2.26. The largest absolute Gasteiger partial charge is 0.330 e. The number of amides is 1. The minimum absolute atomic E-state index is 0.0367. The van der Waals surface area contributed by atoms with Crippen LogP contribution in [-0.2, 0) is 19.5 Å². The highest BCUT2D eigenvalue weighted by atomic mass is 32.1. The maximum atomic E-state index is 12.7. The Labute approximate surface area is 143 Å². The zero-order chi connectivity index (χ0) is 16.5. The van der Waals surface area contributed by atoms with Gasteiger partial charge in [0.15, 0.2) is 0 Å². The topological polar surface area (TPSA) is 77.0 Å². The Morgan fingerprint density at radius 1 is 1.25 bits per heavy atom. The highest BCUT2D eigenvalue weighted by molar-refractivity contribution is 7.09. The highest BCUT2D eigenvalue weighted by Gasteiger charge is 2.29. The fourth-order valence-electron chi connectivity index (χ4n) is 2.90. The number of rotatable bonds is 4. The third-order valence-corrected chi connectivity index (χ3v) is 4.98. The molecule has 0 atom stereocenters. The summed E-state index contributed by atoms with van der Waals surface area (Å²) in [7, 11) is 0. The maximum absolute atomic E-state index is 12.7. The Bertz CT molecular complexity index is 870. The molecule has 7 heteroatoms. The van der Waals surface area contributed by atoms with E-state index in [0.29, 0.717) is 31.7 Å². The van der Waals surface area contributed by atoms with Gasteiger partial charge in [-0.2, -0.15) is 5.10 Å². The Morgan fingerprint density at radius 2 is 2.08 bits per heavy atom. The van der Waals surface area contributed by atoms with Gasteiger partial charge in [0.2, 0.25) is 0 Å². The first-order valence-electron chi connectivity index (χ1n) is 7.81. The summed E-state index contributed by atoms with van der Waals surface area (Å²) in [5.41, 5.74) is 9.21. The summed E-state index contributed by atoms with van der Waals surface area (Å²) < 4.78 is 1.91. The number of nitrogens with two attached hydrogens (primary N) is 1. The van der Waals surface area contributed by atoms with Gasteiger partial charge in [0.25, 0.3) is 5.91 Å².